The number of ether oxygens (including phenoxy) is 1. The summed E-state index contributed by atoms with van der Waals surface area (Å²) in [5, 5.41) is 15.1. The van der Waals surface area contributed by atoms with Crippen molar-refractivity contribution in [3.05, 3.63) is 54.4 Å². The molecule has 3 aromatic rings. The third kappa shape index (κ3) is 3.68. The van der Waals surface area contributed by atoms with E-state index in [1.807, 2.05) is 46.0 Å². The van der Waals surface area contributed by atoms with E-state index in [9.17, 15) is 9.50 Å². The lowest BCUT2D eigenvalue weighted by atomic mass is 9.80. The van der Waals surface area contributed by atoms with Gasteiger partial charge in [0.25, 0.3) is 0 Å². The van der Waals surface area contributed by atoms with Crippen LogP contribution in [0.5, 0.6) is 5.75 Å². The highest BCUT2D eigenvalue weighted by Crippen LogP contribution is 2.37. The Hall–Kier alpha value is -2.49. The second-order valence-electron chi connectivity index (χ2n) is 8.81. The molecule has 0 aromatic carbocycles. The molecule has 1 N–H and O–H groups in total. The van der Waals surface area contributed by atoms with E-state index in [0.29, 0.717) is 11.4 Å². The van der Waals surface area contributed by atoms with Gasteiger partial charge in [-0.05, 0) is 58.9 Å². The highest BCUT2D eigenvalue weighted by molar-refractivity contribution is 6.62. The number of pyridine rings is 2. The van der Waals surface area contributed by atoms with Crippen LogP contribution in [0.15, 0.2) is 42.9 Å². The topological polar surface area (TPSA) is 78.1 Å². The van der Waals surface area contributed by atoms with Gasteiger partial charge >= 0.3 is 7.12 Å². The van der Waals surface area contributed by atoms with E-state index in [2.05, 4.69) is 10.1 Å². The summed E-state index contributed by atoms with van der Waals surface area (Å²) >= 11 is 0. The van der Waals surface area contributed by atoms with Crippen LogP contribution in [0.25, 0.3) is 5.52 Å². The van der Waals surface area contributed by atoms with Gasteiger partial charge in [0.05, 0.1) is 29.3 Å². The van der Waals surface area contributed by atoms with Crippen molar-refractivity contribution in [1.82, 2.24) is 14.6 Å². The van der Waals surface area contributed by atoms with E-state index in [-0.39, 0.29) is 6.61 Å². The van der Waals surface area contributed by atoms with E-state index in [0.717, 1.165) is 17.2 Å². The fourth-order valence-corrected chi connectivity index (χ4v) is 3.23. The maximum absolute atomic E-state index is 13.2. The van der Waals surface area contributed by atoms with Crippen LogP contribution in [0.4, 0.5) is 4.39 Å². The van der Waals surface area contributed by atoms with Gasteiger partial charge < -0.3 is 19.2 Å². The third-order valence-corrected chi connectivity index (χ3v) is 5.81. The van der Waals surface area contributed by atoms with Gasteiger partial charge in [-0.3, -0.25) is 4.98 Å². The molecule has 4 heterocycles. The van der Waals surface area contributed by atoms with Crippen LogP contribution in [-0.4, -0.2) is 44.6 Å². The molecular weight excluding hydrogens is 388 g/mol. The summed E-state index contributed by atoms with van der Waals surface area (Å²) < 4.78 is 33.1. The monoisotopic (exact) mass is 413 g/mol. The van der Waals surface area contributed by atoms with Crippen LogP contribution >= 0.6 is 0 Å². The third-order valence-electron chi connectivity index (χ3n) is 5.81. The summed E-state index contributed by atoms with van der Waals surface area (Å²) in [5.41, 5.74) is -0.566. The molecule has 0 saturated carbocycles. The molecule has 0 aliphatic carbocycles. The van der Waals surface area contributed by atoms with Crippen molar-refractivity contribution in [2.24, 2.45) is 0 Å². The van der Waals surface area contributed by atoms with E-state index < -0.39 is 29.7 Å². The zero-order chi connectivity index (χ0) is 21.7. The molecule has 4 rings (SSSR count). The number of nitrogens with zero attached hydrogens (tertiary/aromatic N) is 3. The summed E-state index contributed by atoms with van der Waals surface area (Å²) in [4.78, 5) is 3.96. The molecular formula is C21H25BFN3O4. The molecule has 7 nitrogen and oxygen atoms in total. The van der Waals surface area contributed by atoms with Crippen molar-refractivity contribution in [2.75, 3.05) is 6.61 Å². The van der Waals surface area contributed by atoms with Crippen LogP contribution in [0.1, 0.15) is 40.3 Å². The quantitative estimate of drug-likeness (QED) is 0.648. The SMILES string of the molecule is CC(O)(COc1cc(B2OC(C)(C)C(C)(C)O2)cn2nccc12)c1ccc(F)cn1. The molecule has 9 heteroatoms. The smallest absolute Gasteiger partial charge is 0.488 e. The van der Waals surface area contributed by atoms with Gasteiger partial charge in [0.1, 0.15) is 29.3 Å². The van der Waals surface area contributed by atoms with Crippen molar-refractivity contribution in [3.8, 4) is 5.75 Å². The molecule has 1 fully saturated rings. The fourth-order valence-electron chi connectivity index (χ4n) is 3.23. The number of halogens is 1. The molecule has 1 aliphatic heterocycles. The number of hydrogen-bond acceptors (Lipinski definition) is 6. The molecule has 1 atom stereocenters. The van der Waals surface area contributed by atoms with Crippen LogP contribution in [0.3, 0.4) is 0 Å². The van der Waals surface area contributed by atoms with Crippen molar-refractivity contribution in [3.63, 3.8) is 0 Å². The molecule has 1 saturated heterocycles. The molecule has 30 heavy (non-hydrogen) atoms. The zero-order valence-electron chi connectivity index (χ0n) is 17.7. The van der Waals surface area contributed by atoms with Gasteiger partial charge in [0.15, 0.2) is 0 Å². The lowest BCUT2D eigenvalue weighted by Crippen LogP contribution is -2.41. The Labute approximate surface area is 174 Å². The van der Waals surface area contributed by atoms with E-state index >= 15 is 0 Å². The Bertz CT molecular complexity index is 1050. The first-order valence-electron chi connectivity index (χ1n) is 9.79. The Morgan fingerprint density at radius 3 is 2.53 bits per heavy atom. The summed E-state index contributed by atoms with van der Waals surface area (Å²) in [6, 6.07) is 6.33. The first kappa shape index (κ1) is 20.8. The van der Waals surface area contributed by atoms with Crippen molar-refractivity contribution >= 4 is 18.1 Å². The minimum atomic E-state index is -1.41. The average molecular weight is 413 g/mol. The summed E-state index contributed by atoms with van der Waals surface area (Å²) in [7, 11) is -0.578. The minimum absolute atomic E-state index is 0.0840. The minimum Gasteiger partial charge on any atom is -0.488 e. The molecule has 1 unspecified atom stereocenters. The first-order valence-corrected chi connectivity index (χ1v) is 9.79. The number of hydrogen-bond donors (Lipinski definition) is 1. The zero-order valence-corrected chi connectivity index (χ0v) is 17.7. The normalized spacial score (nSPS) is 19.8. The highest BCUT2D eigenvalue weighted by Gasteiger charge is 2.52. The van der Waals surface area contributed by atoms with Crippen LogP contribution in [-0.2, 0) is 14.9 Å². The largest absolute Gasteiger partial charge is 0.496 e. The van der Waals surface area contributed by atoms with Crippen molar-refractivity contribution < 1.29 is 23.5 Å². The summed E-state index contributed by atoms with van der Waals surface area (Å²) in [6.07, 6.45) is 4.57. The Kier molecular flexibility index (Phi) is 4.88. The molecule has 0 radical (unpaired) electrons. The maximum atomic E-state index is 13.2. The van der Waals surface area contributed by atoms with E-state index in [1.54, 1.807) is 17.6 Å². The molecule has 158 valence electrons. The molecule has 0 spiro atoms. The highest BCUT2D eigenvalue weighted by atomic mass is 19.1. The average Bonchev–Trinajstić information content (AvgIpc) is 3.22. The predicted molar refractivity (Wildman–Crippen MR) is 110 cm³/mol. The van der Waals surface area contributed by atoms with Gasteiger partial charge in [-0.2, -0.15) is 5.10 Å². The van der Waals surface area contributed by atoms with Crippen molar-refractivity contribution in [1.29, 1.82) is 0 Å². The van der Waals surface area contributed by atoms with Gasteiger partial charge in [-0.1, -0.05) is 0 Å². The summed E-state index contributed by atoms with van der Waals surface area (Å²) in [5.74, 6) is 0.0497. The summed E-state index contributed by atoms with van der Waals surface area (Å²) in [6.45, 7) is 9.44. The number of aliphatic hydroxyl groups is 1. The number of rotatable bonds is 5. The molecule has 0 amide bonds. The lowest BCUT2D eigenvalue weighted by molar-refractivity contribution is 0.00421. The van der Waals surface area contributed by atoms with Crippen LogP contribution < -0.4 is 10.2 Å². The van der Waals surface area contributed by atoms with E-state index in [1.165, 1.54) is 12.1 Å². The lowest BCUT2D eigenvalue weighted by Gasteiger charge is -2.32. The second-order valence-corrected chi connectivity index (χ2v) is 8.81. The van der Waals surface area contributed by atoms with Crippen LogP contribution in [0, 0.1) is 5.82 Å². The number of aromatic nitrogens is 3. The van der Waals surface area contributed by atoms with Crippen molar-refractivity contribution in [2.45, 2.75) is 51.4 Å². The molecule has 3 aromatic heterocycles. The van der Waals surface area contributed by atoms with Gasteiger partial charge in [0, 0.05) is 11.7 Å². The molecule has 0 bridgehead atoms. The van der Waals surface area contributed by atoms with Gasteiger partial charge in [-0.25, -0.2) is 8.91 Å². The predicted octanol–water partition coefficient (Wildman–Crippen LogP) is 2.45. The van der Waals surface area contributed by atoms with Gasteiger partial charge in [0.2, 0.25) is 0 Å². The fraction of sp³-hybridized carbons (Fsp3) is 0.429. The number of fused-ring (bicyclic) bond motifs is 1. The molecule has 1 aliphatic rings. The second kappa shape index (κ2) is 7.04. The first-order chi connectivity index (χ1) is 14.0. The Morgan fingerprint density at radius 2 is 1.90 bits per heavy atom. The van der Waals surface area contributed by atoms with E-state index in [4.69, 9.17) is 14.0 Å². The van der Waals surface area contributed by atoms with Gasteiger partial charge in [-0.15, -0.1) is 0 Å². The Balaban J connectivity index is 1.61. The standard InChI is InChI=1S/C21H25BFN3O4/c1-19(2)20(3,4)30-22(29-19)14-10-17(16-8-9-25-26(16)12-14)28-13-21(5,27)18-7-6-15(23)11-24-18/h6-12,27H,13H2,1-5H3. The van der Waals surface area contributed by atoms with Crippen LogP contribution in [0.2, 0.25) is 0 Å². The Morgan fingerprint density at radius 1 is 1.20 bits per heavy atom. The maximum Gasteiger partial charge on any atom is 0.496 e.